The lowest BCUT2D eigenvalue weighted by Crippen LogP contribution is -2.43. The fourth-order valence-corrected chi connectivity index (χ4v) is 3.47. The van der Waals surface area contributed by atoms with Gasteiger partial charge in [-0.25, -0.2) is 4.68 Å². The van der Waals surface area contributed by atoms with Crippen LogP contribution in [-0.2, 0) is 0 Å². The first-order valence-electron chi connectivity index (χ1n) is 10.9. The summed E-state index contributed by atoms with van der Waals surface area (Å²) in [6.07, 6.45) is 0. The molecule has 4 aromatic rings. The SMILES string of the molecule is CC(C)n1nc(C(=O)NNC(=O)c2ccc(NC(=O)c3ccccc3)cc2)c2ccccc2c1=O. The average molecular weight is 470 g/mol. The molecule has 35 heavy (non-hydrogen) atoms. The van der Waals surface area contributed by atoms with Crippen LogP contribution in [0.2, 0.25) is 0 Å². The fourth-order valence-electron chi connectivity index (χ4n) is 3.47. The number of hydrogen-bond donors (Lipinski definition) is 3. The minimum absolute atomic E-state index is 0.0215. The van der Waals surface area contributed by atoms with E-state index in [4.69, 9.17) is 0 Å². The molecule has 1 aromatic heterocycles. The Bertz CT molecular complexity index is 1460. The Morgan fingerprint density at radius 2 is 1.29 bits per heavy atom. The van der Waals surface area contributed by atoms with Crippen LogP contribution in [0.5, 0.6) is 0 Å². The highest BCUT2D eigenvalue weighted by Gasteiger charge is 2.18. The first kappa shape index (κ1) is 23.4. The summed E-state index contributed by atoms with van der Waals surface area (Å²) in [5.41, 5.74) is 5.75. The summed E-state index contributed by atoms with van der Waals surface area (Å²) < 4.78 is 1.24. The highest BCUT2D eigenvalue weighted by Crippen LogP contribution is 2.15. The van der Waals surface area contributed by atoms with Crippen LogP contribution in [0.3, 0.4) is 0 Å². The van der Waals surface area contributed by atoms with E-state index in [-0.39, 0.29) is 28.8 Å². The summed E-state index contributed by atoms with van der Waals surface area (Å²) in [5.74, 6) is -1.48. The number of nitrogens with zero attached hydrogens (tertiary/aromatic N) is 2. The summed E-state index contributed by atoms with van der Waals surface area (Å²) in [6, 6.07) is 21.4. The van der Waals surface area contributed by atoms with Gasteiger partial charge in [-0.05, 0) is 56.3 Å². The van der Waals surface area contributed by atoms with Gasteiger partial charge in [-0.3, -0.25) is 30.0 Å². The quantitative estimate of drug-likeness (QED) is 0.387. The van der Waals surface area contributed by atoms with Crippen molar-refractivity contribution in [3.05, 3.63) is 106 Å². The van der Waals surface area contributed by atoms with Crippen molar-refractivity contribution in [1.29, 1.82) is 0 Å². The van der Waals surface area contributed by atoms with Crippen molar-refractivity contribution in [2.45, 2.75) is 19.9 Å². The van der Waals surface area contributed by atoms with E-state index < -0.39 is 11.8 Å². The number of nitrogens with one attached hydrogen (secondary N) is 3. The highest BCUT2D eigenvalue weighted by atomic mass is 16.2. The Morgan fingerprint density at radius 1 is 0.714 bits per heavy atom. The van der Waals surface area contributed by atoms with Gasteiger partial charge in [-0.1, -0.05) is 36.4 Å². The molecule has 0 aliphatic rings. The number of benzene rings is 3. The predicted octanol–water partition coefficient (Wildman–Crippen LogP) is 3.30. The van der Waals surface area contributed by atoms with Gasteiger partial charge >= 0.3 is 0 Å². The summed E-state index contributed by atoms with van der Waals surface area (Å²) in [6.45, 7) is 3.58. The lowest BCUT2D eigenvalue weighted by Gasteiger charge is -2.14. The molecule has 0 saturated heterocycles. The Balaban J connectivity index is 1.45. The number of hydrazine groups is 1. The average Bonchev–Trinajstić information content (AvgIpc) is 2.88. The first-order chi connectivity index (χ1) is 16.8. The van der Waals surface area contributed by atoms with Crippen molar-refractivity contribution >= 4 is 34.2 Å². The number of carbonyl (C=O) groups is 3. The highest BCUT2D eigenvalue weighted by molar-refractivity contribution is 6.06. The lowest BCUT2D eigenvalue weighted by molar-refractivity contribution is 0.0843. The van der Waals surface area contributed by atoms with Crippen molar-refractivity contribution in [1.82, 2.24) is 20.6 Å². The van der Waals surface area contributed by atoms with Crippen LogP contribution in [0.1, 0.15) is 51.1 Å². The molecule has 0 atom stereocenters. The molecule has 3 amide bonds. The number of rotatable bonds is 5. The molecule has 4 rings (SSSR count). The van der Waals surface area contributed by atoms with Gasteiger partial charge in [0.1, 0.15) is 0 Å². The zero-order valence-electron chi connectivity index (χ0n) is 19.1. The van der Waals surface area contributed by atoms with Crippen LogP contribution >= 0.6 is 0 Å². The Hall–Kier alpha value is -4.79. The third kappa shape index (κ3) is 5.09. The number of carbonyl (C=O) groups excluding carboxylic acids is 3. The van der Waals surface area contributed by atoms with Crippen LogP contribution in [0.15, 0.2) is 83.7 Å². The second-order valence-electron chi connectivity index (χ2n) is 8.04. The van der Waals surface area contributed by atoms with E-state index in [1.165, 1.54) is 16.8 Å². The van der Waals surface area contributed by atoms with Crippen LogP contribution in [0, 0.1) is 0 Å². The molecule has 0 bridgehead atoms. The van der Waals surface area contributed by atoms with Gasteiger partial charge in [0.05, 0.1) is 11.4 Å². The lowest BCUT2D eigenvalue weighted by atomic mass is 10.1. The topological polar surface area (TPSA) is 122 Å². The van der Waals surface area contributed by atoms with E-state index in [9.17, 15) is 19.2 Å². The summed E-state index contributed by atoms with van der Waals surface area (Å²) in [5, 5.41) is 7.72. The van der Waals surface area contributed by atoms with Gasteiger partial charge in [0.15, 0.2) is 5.69 Å². The summed E-state index contributed by atoms with van der Waals surface area (Å²) in [4.78, 5) is 50.3. The Kier molecular flexibility index (Phi) is 6.68. The van der Waals surface area contributed by atoms with Crippen LogP contribution in [0.25, 0.3) is 10.8 Å². The van der Waals surface area contributed by atoms with Crippen LogP contribution in [-0.4, -0.2) is 27.5 Å². The van der Waals surface area contributed by atoms with Crippen molar-refractivity contribution in [3.8, 4) is 0 Å². The zero-order chi connectivity index (χ0) is 24.9. The second kappa shape index (κ2) is 10.0. The second-order valence-corrected chi connectivity index (χ2v) is 8.04. The number of amides is 3. The molecule has 0 aliphatic carbocycles. The molecule has 0 unspecified atom stereocenters. The summed E-state index contributed by atoms with van der Waals surface area (Å²) in [7, 11) is 0. The molecule has 0 radical (unpaired) electrons. The molecule has 9 heteroatoms. The van der Waals surface area contributed by atoms with Crippen molar-refractivity contribution in [2.24, 2.45) is 0 Å². The number of fused-ring (bicyclic) bond motifs is 1. The molecular weight excluding hydrogens is 446 g/mol. The fraction of sp³-hybridized carbons (Fsp3) is 0.115. The minimum Gasteiger partial charge on any atom is -0.322 e. The third-order valence-electron chi connectivity index (χ3n) is 5.26. The van der Waals surface area contributed by atoms with Gasteiger partial charge in [0.25, 0.3) is 23.3 Å². The third-order valence-corrected chi connectivity index (χ3v) is 5.26. The maximum Gasteiger partial charge on any atom is 0.290 e. The largest absolute Gasteiger partial charge is 0.322 e. The van der Waals surface area contributed by atoms with Crippen molar-refractivity contribution in [2.75, 3.05) is 5.32 Å². The monoisotopic (exact) mass is 469 g/mol. The molecule has 1 heterocycles. The van der Waals surface area contributed by atoms with E-state index in [1.807, 2.05) is 6.07 Å². The maximum absolute atomic E-state index is 12.8. The maximum atomic E-state index is 12.8. The Morgan fingerprint density at radius 3 is 1.94 bits per heavy atom. The van der Waals surface area contributed by atoms with Crippen molar-refractivity contribution in [3.63, 3.8) is 0 Å². The van der Waals surface area contributed by atoms with Crippen molar-refractivity contribution < 1.29 is 14.4 Å². The number of hydrogen-bond acceptors (Lipinski definition) is 5. The molecule has 0 aliphatic heterocycles. The molecular formula is C26H23N5O4. The van der Waals surface area contributed by atoms with Gasteiger partial charge in [0.2, 0.25) is 0 Å². The van der Waals surface area contributed by atoms with Crippen LogP contribution in [0.4, 0.5) is 5.69 Å². The summed E-state index contributed by atoms with van der Waals surface area (Å²) >= 11 is 0. The van der Waals surface area contributed by atoms with E-state index >= 15 is 0 Å². The molecule has 0 fully saturated rings. The smallest absolute Gasteiger partial charge is 0.290 e. The molecule has 0 saturated carbocycles. The van der Waals surface area contributed by atoms with E-state index in [2.05, 4.69) is 21.3 Å². The molecule has 176 valence electrons. The van der Waals surface area contributed by atoms with Gasteiger partial charge < -0.3 is 5.32 Å². The van der Waals surface area contributed by atoms with E-state index in [0.29, 0.717) is 22.0 Å². The van der Waals surface area contributed by atoms with E-state index in [0.717, 1.165) is 0 Å². The molecule has 3 aromatic carbocycles. The molecule has 0 spiro atoms. The van der Waals surface area contributed by atoms with Crippen LogP contribution < -0.4 is 21.7 Å². The van der Waals surface area contributed by atoms with Gasteiger partial charge in [0, 0.05) is 22.2 Å². The van der Waals surface area contributed by atoms with Gasteiger partial charge in [-0.15, -0.1) is 0 Å². The predicted molar refractivity (Wildman–Crippen MR) is 132 cm³/mol. The molecule has 9 nitrogen and oxygen atoms in total. The van der Waals surface area contributed by atoms with Gasteiger partial charge in [-0.2, -0.15) is 5.10 Å². The first-order valence-corrected chi connectivity index (χ1v) is 10.9. The zero-order valence-corrected chi connectivity index (χ0v) is 19.1. The Labute approximate surface area is 200 Å². The number of anilines is 1. The van der Waals surface area contributed by atoms with E-state index in [1.54, 1.807) is 74.5 Å². The normalized spacial score (nSPS) is 10.7. The standard InChI is InChI=1S/C26H23N5O4/c1-16(2)31-26(35)21-11-7-6-10-20(21)22(30-31)25(34)29-28-24(33)18-12-14-19(15-13-18)27-23(32)17-8-4-3-5-9-17/h3-16H,1-2H3,(H,27,32)(H,28,33)(H,29,34). The number of aromatic nitrogens is 2. The minimum atomic E-state index is -0.657. The molecule has 3 N–H and O–H groups in total.